The number of hydrogen-bond donors (Lipinski definition) is 1. The second-order valence-corrected chi connectivity index (χ2v) is 19.5. The lowest BCUT2D eigenvalue weighted by Gasteiger charge is -2.44. The molecule has 3 aromatic carbocycles. The Hall–Kier alpha value is -4.91. The monoisotopic (exact) mass is 948 g/mol. The maximum atomic E-state index is 14.9. The van der Waals surface area contributed by atoms with Crippen molar-refractivity contribution >= 4 is 41.2 Å². The van der Waals surface area contributed by atoms with Gasteiger partial charge in [0.25, 0.3) is 0 Å². The average molecular weight is 950 g/mol. The van der Waals surface area contributed by atoms with E-state index in [0.29, 0.717) is 58.5 Å². The second kappa shape index (κ2) is 22.9. The van der Waals surface area contributed by atoms with Gasteiger partial charge in [-0.1, -0.05) is 156 Å². The van der Waals surface area contributed by atoms with Crippen LogP contribution < -0.4 is 5.32 Å². The predicted octanol–water partition coefficient (Wildman–Crippen LogP) is 10.5. The first-order chi connectivity index (χ1) is 32.0. The highest BCUT2D eigenvalue weighted by Crippen LogP contribution is 2.45. The van der Waals surface area contributed by atoms with Crippen LogP contribution in [-0.2, 0) is 34.3 Å². The van der Waals surface area contributed by atoms with Gasteiger partial charge >= 0.3 is 18.1 Å². The third-order valence-electron chi connectivity index (χ3n) is 14.4. The van der Waals surface area contributed by atoms with Gasteiger partial charge in [-0.3, -0.25) is 24.0 Å². The summed E-state index contributed by atoms with van der Waals surface area (Å²) >= 11 is 7.05. The summed E-state index contributed by atoms with van der Waals surface area (Å²) in [4.78, 5) is 74.6. The number of benzene rings is 3. The van der Waals surface area contributed by atoms with Crippen molar-refractivity contribution in [2.75, 3.05) is 26.7 Å². The maximum absolute atomic E-state index is 14.9. The van der Waals surface area contributed by atoms with Crippen LogP contribution in [0.4, 0.5) is 13.2 Å². The number of esters is 1. The molecule has 3 fully saturated rings. The molecule has 0 aromatic heterocycles. The van der Waals surface area contributed by atoms with Crippen molar-refractivity contribution in [2.24, 2.45) is 5.92 Å². The molecule has 3 atom stereocenters. The molecule has 1 unspecified atom stereocenters. The van der Waals surface area contributed by atoms with E-state index in [1.54, 1.807) is 37.8 Å². The second-order valence-electron chi connectivity index (χ2n) is 19.1. The van der Waals surface area contributed by atoms with E-state index in [4.69, 9.17) is 16.3 Å². The SMILES string of the molecule is CCN(C(=O)C1(N(C)C(=O)C(F)(F)F)CCCC1)[C@H](C(=O)N[C@@H](CC(=O)OC(c1ccccc1)(c1ccc(C2CCCCCCCCC2)cc1)c1ccccc1Cl)C(=O)N1CCCC1)C(C)C. The zero-order valence-electron chi connectivity index (χ0n) is 39.6. The van der Waals surface area contributed by atoms with Crippen LogP contribution in [0.5, 0.6) is 0 Å². The largest absolute Gasteiger partial charge is 0.471 e. The smallest absolute Gasteiger partial charge is 0.444 e. The summed E-state index contributed by atoms with van der Waals surface area (Å²) in [6, 6.07) is 22.0. The predicted molar refractivity (Wildman–Crippen MR) is 253 cm³/mol. The molecular formula is C53H68ClF3N4O6. The molecule has 0 spiro atoms. The van der Waals surface area contributed by atoms with Crippen LogP contribution in [0.15, 0.2) is 78.9 Å². The van der Waals surface area contributed by atoms with Crippen LogP contribution in [0.1, 0.15) is 152 Å². The van der Waals surface area contributed by atoms with E-state index < -0.39 is 71.3 Å². The Balaban J connectivity index is 1.36. The van der Waals surface area contributed by atoms with E-state index >= 15 is 0 Å². The molecular weight excluding hydrogens is 881 g/mol. The van der Waals surface area contributed by atoms with Gasteiger partial charge in [0.15, 0.2) is 5.60 Å². The van der Waals surface area contributed by atoms with Gasteiger partial charge in [-0.15, -0.1) is 0 Å². The number of nitrogens with one attached hydrogen (secondary N) is 1. The van der Waals surface area contributed by atoms with Crippen LogP contribution in [0.2, 0.25) is 5.02 Å². The number of nitrogens with zero attached hydrogens (tertiary/aromatic N) is 3. The average Bonchev–Trinajstić information content (AvgIpc) is 4.05. The number of likely N-dealkylation sites (tertiary alicyclic amines) is 1. The minimum Gasteiger partial charge on any atom is -0.444 e. The Morgan fingerprint density at radius 3 is 1.88 bits per heavy atom. The summed E-state index contributed by atoms with van der Waals surface area (Å²) in [5, 5.41) is 3.17. The standard InChI is InChI=1S/C53H68ClF3N4O6/c1-5-61(49(65)51(32-18-19-33-51)59(4)50(66)53(55,56)57)46(37(2)3)47(63)58-44(48(64)60-34-20-21-35-60)36-45(62)67-52(40-24-14-11-15-25-40,42-26-16-17-27-43(42)54)41-30-28-39(29-31-41)38-22-12-9-7-6-8-10-13-23-38/h11,14-17,24-31,37-38,44,46H,5-10,12-13,18-23,32-36H2,1-4H3,(H,58,63)/t44-,46-,52?/m0/s1. The first-order valence-electron chi connectivity index (χ1n) is 24.4. The van der Waals surface area contributed by atoms with E-state index in [1.165, 1.54) is 42.6 Å². The molecule has 1 heterocycles. The Labute approximate surface area is 399 Å². The summed E-state index contributed by atoms with van der Waals surface area (Å²) in [5.41, 5.74) is -0.453. The fourth-order valence-corrected chi connectivity index (χ4v) is 11.0. The minimum absolute atomic E-state index is 0.00704. The van der Waals surface area contributed by atoms with Gasteiger partial charge in [0.05, 0.1) is 6.42 Å². The van der Waals surface area contributed by atoms with Gasteiger partial charge in [-0.2, -0.15) is 13.2 Å². The van der Waals surface area contributed by atoms with Crippen molar-refractivity contribution in [2.45, 2.75) is 159 Å². The van der Waals surface area contributed by atoms with E-state index in [1.807, 2.05) is 54.6 Å². The Morgan fingerprint density at radius 1 is 0.776 bits per heavy atom. The number of hydrogen-bond acceptors (Lipinski definition) is 6. The highest BCUT2D eigenvalue weighted by atomic mass is 35.5. The lowest BCUT2D eigenvalue weighted by atomic mass is 9.78. The number of alkyl halides is 3. The molecule has 1 saturated heterocycles. The molecule has 6 rings (SSSR count). The number of amides is 4. The Morgan fingerprint density at radius 2 is 1.33 bits per heavy atom. The third-order valence-corrected chi connectivity index (χ3v) is 14.7. The molecule has 2 saturated carbocycles. The van der Waals surface area contributed by atoms with Crippen molar-refractivity contribution in [3.05, 3.63) is 106 Å². The first kappa shape index (κ1) is 51.5. The molecule has 2 aliphatic carbocycles. The molecule has 0 bridgehead atoms. The molecule has 364 valence electrons. The highest BCUT2D eigenvalue weighted by molar-refractivity contribution is 6.31. The molecule has 1 aliphatic heterocycles. The van der Waals surface area contributed by atoms with Crippen molar-refractivity contribution in [3.63, 3.8) is 0 Å². The van der Waals surface area contributed by atoms with E-state index in [0.717, 1.165) is 45.6 Å². The normalized spacial score (nSPS) is 18.9. The molecule has 4 amide bonds. The number of halogens is 4. The van der Waals surface area contributed by atoms with E-state index in [2.05, 4.69) is 17.4 Å². The Kier molecular flexibility index (Phi) is 17.6. The molecule has 1 N–H and O–H groups in total. The fourth-order valence-electron chi connectivity index (χ4n) is 10.8. The number of ether oxygens (including phenoxy) is 1. The van der Waals surface area contributed by atoms with Gasteiger partial charge in [0.2, 0.25) is 17.7 Å². The maximum Gasteiger partial charge on any atom is 0.471 e. The van der Waals surface area contributed by atoms with Crippen molar-refractivity contribution in [1.82, 2.24) is 20.0 Å². The van der Waals surface area contributed by atoms with Crippen LogP contribution in [0.25, 0.3) is 0 Å². The summed E-state index contributed by atoms with van der Waals surface area (Å²) in [5.74, 6) is -5.18. The van der Waals surface area contributed by atoms with Crippen LogP contribution in [0, 0.1) is 5.92 Å². The lowest BCUT2D eigenvalue weighted by Crippen LogP contribution is -2.65. The summed E-state index contributed by atoms with van der Waals surface area (Å²) < 4.78 is 48.2. The van der Waals surface area contributed by atoms with Crippen molar-refractivity contribution in [1.29, 1.82) is 0 Å². The van der Waals surface area contributed by atoms with Gasteiger partial charge in [-0.05, 0) is 68.9 Å². The van der Waals surface area contributed by atoms with Crippen LogP contribution in [-0.4, -0.2) is 94.8 Å². The molecule has 0 radical (unpaired) electrons. The van der Waals surface area contributed by atoms with Gasteiger partial charge in [-0.25, -0.2) is 0 Å². The molecule has 3 aliphatic rings. The molecule has 3 aromatic rings. The van der Waals surface area contributed by atoms with Gasteiger partial charge in [0.1, 0.15) is 17.6 Å². The zero-order chi connectivity index (χ0) is 48.4. The van der Waals surface area contributed by atoms with Gasteiger partial charge in [0, 0.05) is 48.4 Å². The van der Waals surface area contributed by atoms with E-state index in [-0.39, 0.29) is 19.4 Å². The van der Waals surface area contributed by atoms with Crippen LogP contribution >= 0.6 is 11.6 Å². The molecule has 10 nitrogen and oxygen atoms in total. The highest BCUT2D eigenvalue weighted by Gasteiger charge is 2.55. The van der Waals surface area contributed by atoms with E-state index in [9.17, 15) is 37.1 Å². The quantitative estimate of drug-likeness (QED) is 0.120. The Bertz CT molecular complexity index is 2150. The van der Waals surface area contributed by atoms with Crippen LogP contribution in [0.3, 0.4) is 0 Å². The zero-order valence-corrected chi connectivity index (χ0v) is 40.3. The molecule has 14 heteroatoms. The van der Waals surface area contributed by atoms with Gasteiger partial charge < -0.3 is 24.8 Å². The fraction of sp³-hybridized carbons (Fsp3) is 0.566. The number of rotatable bonds is 15. The first-order valence-corrected chi connectivity index (χ1v) is 24.8. The summed E-state index contributed by atoms with van der Waals surface area (Å²) in [7, 11) is 0.987. The topological polar surface area (TPSA) is 116 Å². The lowest BCUT2D eigenvalue weighted by molar-refractivity contribution is -0.192. The minimum atomic E-state index is -5.21. The van der Waals surface area contributed by atoms with Crippen molar-refractivity contribution < 1.29 is 41.9 Å². The number of likely N-dealkylation sites (N-methyl/N-ethyl adjacent to an activating group) is 2. The number of carbonyl (C=O) groups is 5. The molecule has 67 heavy (non-hydrogen) atoms. The third kappa shape index (κ3) is 11.7. The summed E-state index contributed by atoms with van der Waals surface area (Å²) in [6.07, 6.45) is 7.23. The number of carbonyl (C=O) groups excluding carboxylic acids is 5. The van der Waals surface area contributed by atoms with Crippen molar-refractivity contribution in [3.8, 4) is 0 Å². The summed E-state index contributed by atoms with van der Waals surface area (Å²) in [6.45, 7) is 5.76.